The highest BCUT2D eigenvalue weighted by molar-refractivity contribution is 5.80. The quantitative estimate of drug-likeness (QED) is 0.0390. The molecule has 0 spiro atoms. The monoisotopic (exact) mass is 1130 g/mol. The van der Waals surface area contributed by atoms with E-state index in [1.807, 2.05) is 0 Å². The predicted molar refractivity (Wildman–Crippen MR) is 353 cm³/mol. The number of carbonyl (C=O) groups excluding carboxylic acids is 1. The lowest BCUT2D eigenvalue weighted by Gasteiger charge is -2.27. The molecule has 6 heteroatoms. The Labute approximate surface area is 502 Å². The Morgan fingerprint density at radius 1 is 0.263 bits per heavy atom. The van der Waals surface area contributed by atoms with E-state index in [0.717, 1.165) is 38.5 Å². The summed E-state index contributed by atoms with van der Waals surface area (Å²) in [5, 5.41) is 44.3. The second-order valence-electron chi connectivity index (χ2n) is 26.4. The van der Waals surface area contributed by atoms with Gasteiger partial charge in [0.1, 0.15) is 12.2 Å². The first-order valence-corrected chi connectivity index (χ1v) is 37.4. The van der Waals surface area contributed by atoms with Crippen LogP contribution in [0.3, 0.4) is 0 Å². The minimum Gasteiger partial charge on any atom is -0.394 e. The van der Waals surface area contributed by atoms with E-state index < -0.39 is 36.9 Å². The fourth-order valence-electron chi connectivity index (χ4n) is 12.5. The van der Waals surface area contributed by atoms with E-state index in [1.165, 1.54) is 372 Å². The first kappa shape index (κ1) is 79.3. The highest BCUT2D eigenvalue weighted by Gasteiger charge is 2.29. The average molecular weight is 1130 g/mol. The normalized spacial score (nSPS) is 13.3. The Morgan fingerprint density at radius 2 is 0.425 bits per heavy atom. The number of hydrogen-bond acceptors (Lipinski definition) is 5. The van der Waals surface area contributed by atoms with Crippen LogP contribution in [0, 0.1) is 0 Å². The molecule has 6 nitrogen and oxygen atoms in total. The van der Waals surface area contributed by atoms with Crippen LogP contribution in [0.5, 0.6) is 0 Å². The third kappa shape index (κ3) is 61.9. The fraction of sp³-hybridized carbons (Fsp3) is 0.986. The number of carbonyl (C=O) groups is 1. The molecule has 0 aliphatic carbocycles. The maximum Gasteiger partial charge on any atom is 0.249 e. The number of rotatable bonds is 71. The molecular weight excluding hydrogens is 983 g/mol. The Hall–Kier alpha value is -0.690. The molecule has 0 rings (SSSR count). The smallest absolute Gasteiger partial charge is 0.249 e. The molecule has 0 saturated carbocycles. The van der Waals surface area contributed by atoms with Crippen LogP contribution in [0.2, 0.25) is 0 Å². The Kier molecular flexibility index (Phi) is 68.5. The molecule has 5 N–H and O–H groups in total. The van der Waals surface area contributed by atoms with Crippen molar-refractivity contribution in [1.29, 1.82) is 0 Å². The number of aliphatic hydroxyl groups excluding tert-OH is 4. The number of nitrogens with one attached hydrogen (secondary N) is 1. The van der Waals surface area contributed by atoms with Crippen LogP contribution < -0.4 is 5.32 Å². The Morgan fingerprint density at radius 3 is 0.600 bits per heavy atom. The topological polar surface area (TPSA) is 110 Å². The molecule has 0 heterocycles. The summed E-state index contributed by atoms with van der Waals surface area (Å²) in [7, 11) is 0. The first-order chi connectivity index (χ1) is 39.5. The van der Waals surface area contributed by atoms with E-state index in [4.69, 9.17) is 0 Å². The van der Waals surface area contributed by atoms with E-state index in [9.17, 15) is 25.2 Å². The Balaban J connectivity index is 3.47. The van der Waals surface area contributed by atoms with E-state index >= 15 is 0 Å². The highest BCUT2D eigenvalue weighted by Crippen LogP contribution is 2.21. The third-order valence-corrected chi connectivity index (χ3v) is 18.3. The van der Waals surface area contributed by atoms with Crippen LogP contribution in [0.1, 0.15) is 438 Å². The van der Waals surface area contributed by atoms with Crippen molar-refractivity contribution in [3.8, 4) is 0 Å². The van der Waals surface area contributed by atoms with Gasteiger partial charge in [0.15, 0.2) is 0 Å². The average Bonchev–Trinajstić information content (AvgIpc) is 3.46. The molecule has 0 saturated heterocycles. The Bertz CT molecular complexity index is 1140. The molecule has 0 radical (unpaired) electrons. The largest absolute Gasteiger partial charge is 0.394 e. The molecule has 0 aromatic carbocycles. The summed E-state index contributed by atoms with van der Waals surface area (Å²) >= 11 is 0. The molecule has 0 bridgehead atoms. The summed E-state index contributed by atoms with van der Waals surface area (Å²) in [4.78, 5) is 12.7. The SMILES string of the molecule is CCCCCCCCCCCCCCCCCCCCCCCCCCCCCCCCCCCCCCCCC(O)C(=O)NC(CO)C(O)C(O)CCCCCCCCCCCCCCCCCCCCCCCCCCCC. The molecule has 0 aromatic rings. The van der Waals surface area contributed by atoms with Gasteiger partial charge in [0.2, 0.25) is 5.91 Å². The zero-order valence-corrected chi connectivity index (χ0v) is 54.9. The standard InChI is InChI=1S/C74H149NO5/c1-3-5-7-9-11-13-15-17-19-21-23-25-27-29-31-32-33-34-35-36-37-38-39-40-41-42-44-46-48-50-52-54-56-58-60-62-64-66-68-72(78)74(80)75-70(69-76)73(79)71(77)67-65-63-61-59-57-55-53-51-49-47-45-43-30-28-26-24-22-20-18-16-14-12-10-8-6-4-2/h70-73,76-79H,3-69H2,1-2H3,(H,75,80). The molecular formula is C74H149NO5. The predicted octanol–water partition coefficient (Wildman–Crippen LogP) is 23.3. The zero-order chi connectivity index (χ0) is 58.0. The summed E-state index contributed by atoms with van der Waals surface area (Å²) in [6.07, 6.45) is 85.4. The first-order valence-electron chi connectivity index (χ1n) is 37.4. The number of amides is 1. The highest BCUT2D eigenvalue weighted by atomic mass is 16.3. The van der Waals surface area contributed by atoms with Gasteiger partial charge in [-0.1, -0.05) is 425 Å². The van der Waals surface area contributed by atoms with Crippen LogP contribution in [0.15, 0.2) is 0 Å². The minimum atomic E-state index is -1.26. The molecule has 4 unspecified atom stereocenters. The summed E-state index contributed by atoms with van der Waals surface area (Å²) in [5.74, 6) is -0.572. The van der Waals surface area contributed by atoms with Crippen LogP contribution in [0.4, 0.5) is 0 Å². The molecule has 1 amide bonds. The van der Waals surface area contributed by atoms with Crippen molar-refractivity contribution in [3.63, 3.8) is 0 Å². The molecule has 0 aliphatic rings. The van der Waals surface area contributed by atoms with Crippen LogP contribution in [-0.4, -0.2) is 57.3 Å². The van der Waals surface area contributed by atoms with Crippen LogP contribution in [0.25, 0.3) is 0 Å². The third-order valence-electron chi connectivity index (χ3n) is 18.3. The molecule has 480 valence electrons. The molecule has 80 heavy (non-hydrogen) atoms. The summed E-state index contributed by atoms with van der Waals surface area (Å²) in [6.45, 7) is 4.12. The lowest BCUT2D eigenvalue weighted by atomic mass is 9.99. The summed E-state index contributed by atoms with van der Waals surface area (Å²) in [6, 6.07) is -0.983. The van der Waals surface area contributed by atoms with Crippen molar-refractivity contribution >= 4 is 5.91 Å². The number of aliphatic hydroxyl groups is 4. The van der Waals surface area contributed by atoms with Gasteiger partial charge in [0, 0.05) is 0 Å². The fourth-order valence-corrected chi connectivity index (χ4v) is 12.5. The molecule has 0 aliphatic heterocycles. The lowest BCUT2D eigenvalue weighted by molar-refractivity contribution is -0.132. The van der Waals surface area contributed by atoms with Gasteiger partial charge < -0.3 is 25.7 Å². The van der Waals surface area contributed by atoms with Crippen molar-refractivity contribution in [3.05, 3.63) is 0 Å². The second-order valence-corrected chi connectivity index (χ2v) is 26.4. The van der Waals surface area contributed by atoms with Crippen LogP contribution in [-0.2, 0) is 4.79 Å². The maximum atomic E-state index is 12.7. The van der Waals surface area contributed by atoms with Crippen molar-refractivity contribution in [1.82, 2.24) is 5.32 Å². The zero-order valence-electron chi connectivity index (χ0n) is 54.9. The second kappa shape index (κ2) is 69.1. The van der Waals surface area contributed by atoms with Crippen LogP contribution >= 0.6 is 0 Å². The summed E-state index contributed by atoms with van der Waals surface area (Å²) in [5.41, 5.74) is 0. The van der Waals surface area contributed by atoms with Crippen molar-refractivity contribution in [2.24, 2.45) is 0 Å². The summed E-state index contributed by atoms with van der Waals surface area (Å²) < 4.78 is 0. The van der Waals surface area contributed by atoms with Gasteiger partial charge in [-0.2, -0.15) is 0 Å². The van der Waals surface area contributed by atoms with Crippen molar-refractivity contribution < 1.29 is 25.2 Å². The van der Waals surface area contributed by atoms with Gasteiger partial charge in [-0.3, -0.25) is 4.79 Å². The minimum absolute atomic E-state index is 0.377. The van der Waals surface area contributed by atoms with Gasteiger partial charge in [0.05, 0.1) is 18.8 Å². The van der Waals surface area contributed by atoms with Crippen molar-refractivity contribution in [2.45, 2.75) is 462 Å². The number of unbranched alkanes of at least 4 members (excludes halogenated alkanes) is 62. The maximum absolute atomic E-state index is 12.7. The van der Waals surface area contributed by atoms with Gasteiger partial charge in [-0.05, 0) is 12.8 Å². The van der Waals surface area contributed by atoms with E-state index in [0.29, 0.717) is 12.8 Å². The van der Waals surface area contributed by atoms with E-state index in [-0.39, 0.29) is 0 Å². The van der Waals surface area contributed by atoms with Gasteiger partial charge in [-0.25, -0.2) is 0 Å². The van der Waals surface area contributed by atoms with Gasteiger partial charge in [-0.15, -0.1) is 0 Å². The molecule has 0 fully saturated rings. The van der Waals surface area contributed by atoms with E-state index in [2.05, 4.69) is 19.2 Å². The molecule has 0 aromatic heterocycles. The molecule has 4 atom stereocenters. The van der Waals surface area contributed by atoms with E-state index in [1.54, 1.807) is 0 Å². The lowest BCUT2D eigenvalue weighted by Crippen LogP contribution is -2.53. The number of hydrogen-bond donors (Lipinski definition) is 5. The van der Waals surface area contributed by atoms with Crippen molar-refractivity contribution in [2.75, 3.05) is 6.61 Å². The van der Waals surface area contributed by atoms with Gasteiger partial charge >= 0.3 is 0 Å². The van der Waals surface area contributed by atoms with Gasteiger partial charge in [0.25, 0.3) is 0 Å².